The maximum atomic E-state index is 13.6. The maximum absolute atomic E-state index is 13.6. The van der Waals surface area contributed by atoms with Crippen LogP contribution in [0.25, 0.3) is 11.3 Å². The van der Waals surface area contributed by atoms with E-state index in [9.17, 15) is 31.8 Å². The van der Waals surface area contributed by atoms with Gasteiger partial charge in [0.05, 0.1) is 33.3 Å². The van der Waals surface area contributed by atoms with Crippen LogP contribution in [0.5, 0.6) is 0 Å². The van der Waals surface area contributed by atoms with Crippen LogP contribution >= 0.6 is 23.2 Å². The summed E-state index contributed by atoms with van der Waals surface area (Å²) < 4.78 is 73.9. The SMILES string of the molecule is O=S(=O)(c1ccc(Cl)c(Cl)c1)[C@@H]1C[C@@H](n2cc(-c3cc(F)c(F)c(F)c3)nn2)[C@@H](O)[C@@H](CCO)O1. The Bertz CT molecular complexity index is 1330. The number of nitrogens with zero attached hydrogens (tertiary/aromatic N) is 3. The highest BCUT2D eigenvalue weighted by atomic mass is 35.5. The van der Waals surface area contributed by atoms with Gasteiger partial charge in [-0.1, -0.05) is 28.4 Å². The van der Waals surface area contributed by atoms with Gasteiger partial charge in [0.15, 0.2) is 22.9 Å². The largest absolute Gasteiger partial charge is 0.396 e. The summed E-state index contributed by atoms with van der Waals surface area (Å²) in [6, 6.07) is 4.23. The Morgan fingerprint density at radius 2 is 1.80 bits per heavy atom. The molecule has 4 rings (SSSR count). The molecule has 0 saturated carbocycles. The van der Waals surface area contributed by atoms with E-state index < -0.39 is 57.6 Å². The summed E-state index contributed by atoms with van der Waals surface area (Å²) in [5.41, 5.74) is -1.61. The van der Waals surface area contributed by atoms with Crippen LogP contribution in [0.3, 0.4) is 0 Å². The van der Waals surface area contributed by atoms with E-state index in [1.807, 2.05) is 0 Å². The summed E-state index contributed by atoms with van der Waals surface area (Å²) in [5.74, 6) is -4.48. The number of aromatic nitrogens is 3. The first kappa shape index (κ1) is 25.9. The Morgan fingerprint density at radius 3 is 2.43 bits per heavy atom. The molecule has 35 heavy (non-hydrogen) atoms. The van der Waals surface area contributed by atoms with E-state index in [2.05, 4.69) is 10.3 Å². The molecule has 0 spiro atoms. The van der Waals surface area contributed by atoms with E-state index in [4.69, 9.17) is 27.9 Å². The highest BCUT2D eigenvalue weighted by molar-refractivity contribution is 7.92. The standard InChI is InChI=1S/C21H18Cl2F3N3O5S/c22-12-2-1-11(7-13(12)23)35(32,33)19-8-17(21(31)18(34-19)3-4-30)29-9-16(27-28-29)10-5-14(24)20(26)15(25)6-10/h1-2,5-7,9,17-19,21,30-31H,3-4,8H2/t17-,18-,19-,21-/m1/s1. The minimum Gasteiger partial charge on any atom is -0.396 e. The average Bonchev–Trinajstić information content (AvgIpc) is 3.30. The molecule has 1 fully saturated rings. The van der Waals surface area contributed by atoms with Gasteiger partial charge in [0.1, 0.15) is 11.8 Å². The van der Waals surface area contributed by atoms with Gasteiger partial charge >= 0.3 is 0 Å². The van der Waals surface area contributed by atoms with Gasteiger partial charge < -0.3 is 14.9 Å². The molecular formula is C21H18Cl2F3N3O5S. The molecule has 1 saturated heterocycles. The lowest BCUT2D eigenvalue weighted by atomic mass is 9.97. The van der Waals surface area contributed by atoms with E-state index in [0.717, 1.165) is 16.8 Å². The molecule has 1 aromatic heterocycles. The smallest absolute Gasteiger partial charge is 0.205 e. The van der Waals surface area contributed by atoms with Gasteiger partial charge in [0, 0.05) is 18.6 Å². The quantitative estimate of drug-likeness (QED) is 0.450. The Balaban J connectivity index is 1.69. The lowest BCUT2D eigenvalue weighted by Crippen LogP contribution is -2.48. The minimum absolute atomic E-state index is 0.0201. The molecule has 0 amide bonds. The van der Waals surface area contributed by atoms with Crippen molar-refractivity contribution >= 4 is 33.0 Å². The molecule has 0 unspecified atom stereocenters. The van der Waals surface area contributed by atoms with Crippen molar-refractivity contribution in [1.82, 2.24) is 15.0 Å². The van der Waals surface area contributed by atoms with Gasteiger partial charge in [-0.25, -0.2) is 26.3 Å². The maximum Gasteiger partial charge on any atom is 0.205 e. The monoisotopic (exact) mass is 551 g/mol. The Kier molecular flexibility index (Phi) is 7.41. The summed E-state index contributed by atoms with van der Waals surface area (Å²) in [5, 5.41) is 28.1. The lowest BCUT2D eigenvalue weighted by Gasteiger charge is -2.38. The van der Waals surface area contributed by atoms with Crippen LogP contribution in [-0.4, -0.2) is 57.9 Å². The summed E-state index contributed by atoms with van der Waals surface area (Å²) in [6.07, 6.45) is -1.51. The number of rotatable bonds is 6. The second-order valence-corrected chi connectivity index (χ2v) is 10.8. The Morgan fingerprint density at radius 1 is 1.11 bits per heavy atom. The number of sulfone groups is 1. The van der Waals surface area contributed by atoms with Gasteiger partial charge in [0.2, 0.25) is 9.84 Å². The Labute approximate surface area is 207 Å². The normalized spacial score (nSPS) is 22.9. The van der Waals surface area contributed by atoms with Gasteiger partial charge in [-0.3, -0.25) is 0 Å². The molecule has 8 nitrogen and oxygen atoms in total. The highest BCUT2D eigenvalue weighted by Crippen LogP contribution is 2.37. The van der Waals surface area contributed by atoms with Gasteiger partial charge in [-0.2, -0.15) is 0 Å². The number of benzene rings is 2. The number of aliphatic hydroxyl groups excluding tert-OH is 2. The van der Waals surface area contributed by atoms with E-state index in [0.29, 0.717) is 0 Å². The first-order valence-corrected chi connectivity index (χ1v) is 12.5. The van der Waals surface area contributed by atoms with Crippen LogP contribution in [0.4, 0.5) is 13.2 Å². The highest BCUT2D eigenvalue weighted by Gasteiger charge is 2.44. The third-order valence-corrected chi connectivity index (χ3v) is 8.29. The number of halogens is 5. The molecule has 4 atom stereocenters. The molecule has 0 aliphatic carbocycles. The second-order valence-electron chi connectivity index (χ2n) is 7.87. The molecule has 188 valence electrons. The van der Waals surface area contributed by atoms with Crippen LogP contribution in [0.2, 0.25) is 10.0 Å². The summed E-state index contributed by atoms with van der Waals surface area (Å²) in [6.45, 7) is -0.398. The number of aliphatic hydroxyl groups is 2. The summed E-state index contributed by atoms with van der Waals surface area (Å²) in [7, 11) is -4.14. The van der Waals surface area contributed by atoms with E-state index in [1.165, 1.54) is 24.4 Å². The zero-order valence-electron chi connectivity index (χ0n) is 17.7. The van der Waals surface area contributed by atoms with E-state index in [1.54, 1.807) is 0 Å². The number of ether oxygens (including phenoxy) is 1. The predicted molar refractivity (Wildman–Crippen MR) is 119 cm³/mol. The van der Waals surface area contributed by atoms with Gasteiger partial charge in [-0.05, 0) is 36.8 Å². The van der Waals surface area contributed by atoms with Crippen molar-refractivity contribution in [2.75, 3.05) is 6.61 Å². The molecule has 2 aromatic carbocycles. The minimum atomic E-state index is -4.14. The molecule has 14 heteroatoms. The fourth-order valence-corrected chi connectivity index (χ4v) is 5.77. The van der Waals surface area contributed by atoms with Crippen molar-refractivity contribution in [2.45, 2.75) is 41.4 Å². The summed E-state index contributed by atoms with van der Waals surface area (Å²) in [4.78, 5) is -0.161. The van der Waals surface area contributed by atoms with Crippen LogP contribution < -0.4 is 0 Å². The van der Waals surface area contributed by atoms with E-state index in [-0.39, 0.29) is 39.0 Å². The topological polar surface area (TPSA) is 115 Å². The third kappa shape index (κ3) is 5.04. The van der Waals surface area contributed by atoms with Crippen molar-refractivity contribution in [1.29, 1.82) is 0 Å². The average molecular weight is 552 g/mol. The van der Waals surface area contributed by atoms with E-state index >= 15 is 0 Å². The van der Waals surface area contributed by atoms with Gasteiger partial charge in [0.25, 0.3) is 0 Å². The predicted octanol–water partition coefficient (Wildman–Crippen LogP) is 3.54. The Hall–Kier alpha value is -2.22. The first-order valence-electron chi connectivity index (χ1n) is 10.2. The van der Waals surface area contributed by atoms with Crippen molar-refractivity contribution < 1.29 is 36.5 Å². The second kappa shape index (κ2) is 10.0. The fraction of sp³-hybridized carbons (Fsp3) is 0.333. The fourth-order valence-electron chi connectivity index (χ4n) is 3.83. The first-order chi connectivity index (χ1) is 16.5. The number of hydrogen-bond acceptors (Lipinski definition) is 7. The van der Waals surface area contributed by atoms with Gasteiger partial charge in [-0.15, -0.1) is 5.10 Å². The lowest BCUT2D eigenvalue weighted by molar-refractivity contribution is -0.123. The zero-order valence-corrected chi connectivity index (χ0v) is 20.0. The van der Waals surface area contributed by atoms with Crippen molar-refractivity contribution in [3.63, 3.8) is 0 Å². The summed E-state index contributed by atoms with van der Waals surface area (Å²) >= 11 is 11.8. The molecule has 2 N–H and O–H groups in total. The molecule has 2 heterocycles. The van der Waals surface area contributed by atoms with Crippen LogP contribution in [-0.2, 0) is 14.6 Å². The molecule has 3 aromatic rings. The van der Waals surface area contributed by atoms with Crippen LogP contribution in [0.15, 0.2) is 41.4 Å². The van der Waals surface area contributed by atoms with Crippen molar-refractivity contribution in [3.8, 4) is 11.3 Å². The van der Waals surface area contributed by atoms with Crippen LogP contribution in [0.1, 0.15) is 18.9 Å². The van der Waals surface area contributed by atoms with Crippen molar-refractivity contribution in [2.24, 2.45) is 0 Å². The molecular weight excluding hydrogens is 534 g/mol. The molecule has 0 bridgehead atoms. The molecule has 1 aliphatic heterocycles. The zero-order chi connectivity index (χ0) is 25.5. The van der Waals surface area contributed by atoms with Crippen molar-refractivity contribution in [3.05, 3.63) is 64.0 Å². The third-order valence-electron chi connectivity index (χ3n) is 5.64. The molecule has 1 aliphatic rings. The molecule has 0 radical (unpaired) electrons. The van der Waals surface area contributed by atoms with Crippen LogP contribution in [0, 0.1) is 17.5 Å². The number of hydrogen-bond donors (Lipinski definition) is 2.